The predicted octanol–water partition coefficient (Wildman–Crippen LogP) is 2.05. The summed E-state index contributed by atoms with van der Waals surface area (Å²) in [5.41, 5.74) is 2.37. The average Bonchev–Trinajstić information content (AvgIpc) is 3.13. The summed E-state index contributed by atoms with van der Waals surface area (Å²) in [6, 6.07) is 10.2. The maximum atomic E-state index is 11.9. The van der Waals surface area contributed by atoms with Crippen molar-refractivity contribution in [2.24, 2.45) is 0 Å². The number of nitrogens with one attached hydrogen (secondary N) is 1. The molecule has 0 atom stereocenters. The maximum absolute atomic E-state index is 11.9. The number of carbonyl (C=O) groups excluding carboxylic acids is 1. The van der Waals surface area contributed by atoms with E-state index in [1.165, 1.54) is 11.1 Å². The number of amides is 1. The molecule has 2 aliphatic heterocycles. The number of carbonyl (C=O) groups is 1. The van der Waals surface area contributed by atoms with Gasteiger partial charge in [0.2, 0.25) is 5.91 Å². The summed E-state index contributed by atoms with van der Waals surface area (Å²) in [5.74, 6) is 1.98. The van der Waals surface area contributed by atoms with Crippen molar-refractivity contribution in [3.05, 3.63) is 47.8 Å². The number of morpholine rings is 1. The molecule has 1 amide bonds. The second-order valence-corrected chi connectivity index (χ2v) is 6.90. The van der Waals surface area contributed by atoms with Crippen molar-refractivity contribution in [1.29, 1.82) is 0 Å². The van der Waals surface area contributed by atoms with E-state index in [1.807, 2.05) is 23.1 Å². The van der Waals surface area contributed by atoms with Crippen molar-refractivity contribution >= 4 is 17.5 Å². The quantitative estimate of drug-likeness (QED) is 0.843. The summed E-state index contributed by atoms with van der Waals surface area (Å²) in [5, 5.41) is 3.40. The van der Waals surface area contributed by atoms with E-state index in [0.29, 0.717) is 19.5 Å². The first-order valence-electron chi connectivity index (χ1n) is 9.53. The maximum Gasteiger partial charge on any atom is 0.222 e. The Balaban J connectivity index is 1.42. The molecular formula is C20H25N5O2. The number of nitrogens with zero attached hydrogens (tertiary/aromatic N) is 4. The Morgan fingerprint density at radius 1 is 1.07 bits per heavy atom. The van der Waals surface area contributed by atoms with E-state index in [4.69, 9.17) is 4.74 Å². The molecule has 0 saturated carbocycles. The van der Waals surface area contributed by atoms with Gasteiger partial charge in [-0.05, 0) is 17.5 Å². The van der Waals surface area contributed by atoms with Crippen molar-refractivity contribution in [1.82, 2.24) is 14.9 Å². The molecular weight excluding hydrogens is 342 g/mol. The Kier molecular flexibility index (Phi) is 5.48. The highest BCUT2D eigenvalue weighted by atomic mass is 16.5. The molecule has 0 radical (unpaired) electrons. The molecule has 3 heterocycles. The molecule has 4 rings (SSSR count). The van der Waals surface area contributed by atoms with E-state index in [2.05, 4.69) is 32.3 Å². The van der Waals surface area contributed by atoms with Crippen LogP contribution in [0.1, 0.15) is 24.0 Å². The van der Waals surface area contributed by atoms with Crippen molar-refractivity contribution in [2.45, 2.75) is 25.9 Å². The number of hydrogen-bond donors (Lipinski definition) is 1. The Labute approximate surface area is 159 Å². The summed E-state index contributed by atoms with van der Waals surface area (Å²) >= 11 is 0. The molecule has 0 bridgehead atoms. The minimum atomic E-state index is 0.253. The van der Waals surface area contributed by atoms with Crippen molar-refractivity contribution in [3.8, 4) is 0 Å². The van der Waals surface area contributed by atoms with Gasteiger partial charge in [0.1, 0.15) is 18.0 Å². The molecule has 27 heavy (non-hydrogen) atoms. The SMILES string of the molecule is O=C1CCCN1Cc1ccccc1CNc1cc(N2CCOCC2)ncn1. The van der Waals surface area contributed by atoms with Crippen LogP contribution in [0.4, 0.5) is 11.6 Å². The predicted molar refractivity (Wildman–Crippen MR) is 103 cm³/mol. The zero-order valence-corrected chi connectivity index (χ0v) is 15.4. The lowest BCUT2D eigenvalue weighted by atomic mass is 10.1. The third-order valence-electron chi connectivity index (χ3n) is 5.10. The number of benzene rings is 1. The third-order valence-corrected chi connectivity index (χ3v) is 5.10. The summed E-state index contributed by atoms with van der Waals surface area (Å²) in [7, 11) is 0. The first kappa shape index (κ1) is 17.7. The van der Waals surface area contributed by atoms with Crippen LogP contribution in [0.25, 0.3) is 0 Å². The van der Waals surface area contributed by atoms with Crippen LogP contribution in [-0.2, 0) is 22.6 Å². The molecule has 1 N–H and O–H groups in total. The van der Waals surface area contributed by atoms with Gasteiger partial charge in [0.25, 0.3) is 0 Å². The lowest BCUT2D eigenvalue weighted by Gasteiger charge is -2.27. The Bertz CT molecular complexity index is 791. The molecule has 0 aliphatic carbocycles. The molecule has 1 aromatic carbocycles. The standard InChI is InChI=1S/C20H25N5O2/c26-20-6-3-7-25(20)14-17-5-2-1-4-16(17)13-21-18-12-19(23-15-22-18)24-8-10-27-11-9-24/h1-2,4-5,12,15H,3,6-11,13-14H2,(H,21,22,23). The highest BCUT2D eigenvalue weighted by molar-refractivity contribution is 5.78. The molecule has 142 valence electrons. The summed E-state index contributed by atoms with van der Waals surface area (Å²) < 4.78 is 5.40. The first-order valence-corrected chi connectivity index (χ1v) is 9.53. The van der Waals surface area contributed by atoms with Crippen LogP contribution in [0.2, 0.25) is 0 Å². The molecule has 2 saturated heterocycles. The molecule has 0 spiro atoms. The van der Waals surface area contributed by atoms with Crippen LogP contribution in [0, 0.1) is 0 Å². The van der Waals surface area contributed by atoms with Gasteiger partial charge in [0.15, 0.2) is 0 Å². The van der Waals surface area contributed by atoms with E-state index in [9.17, 15) is 4.79 Å². The fraction of sp³-hybridized carbons (Fsp3) is 0.450. The van der Waals surface area contributed by atoms with Crippen LogP contribution in [0.15, 0.2) is 36.7 Å². The van der Waals surface area contributed by atoms with E-state index >= 15 is 0 Å². The molecule has 7 heteroatoms. The second kappa shape index (κ2) is 8.35. The molecule has 2 aromatic rings. The van der Waals surface area contributed by atoms with E-state index in [0.717, 1.165) is 50.9 Å². The van der Waals surface area contributed by atoms with Gasteiger partial charge in [-0.15, -0.1) is 0 Å². The molecule has 7 nitrogen and oxygen atoms in total. The lowest BCUT2D eigenvalue weighted by Crippen LogP contribution is -2.36. The zero-order valence-electron chi connectivity index (χ0n) is 15.4. The zero-order chi connectivity index (χ0) is 18.5. The molecule has 0 unspecified atom stereocenters. The number of likely N-dealkylation sites (tertiary alicyclic amines) is 1. The number of rotatable bonds is 6. The van der Waals surface area contributed by atoms with Gasteiger partial charge in [0, 0.05) is 45.2 Å². The summed E-state index contributed by atoms with van der Waals surface area (Å²) in [4.78, 5) is 24.8. The van der Waals surface area contributed by atoms with Crippen LogP contribution >= 0.6 is 0 Å². The molecule has 2 fully saturated rings. The smallest absolute Gasteiger partial charge is 0.222 e. The average molecular weight is 367 g/mol. The minimum Gasteiger partial charge on any atom is -0.378 e. The van der Waals surface area contributed by atoms with Crippen LogP contribution in [0.3, 0.4) is 0 Å². The normalized spacial score (nSPS) is 17.4. The fourth-order valence-electron chi connectivity index (χ4n) is 3.56. The van der Waals surface area contributed by atoms with Gasteiger partial charge in [-0.25, -0.2) is 9.97 Å². The van der Waals surface area contributed by atoms with Crippen LogP contribution in [-0.4, -0.2) is 53.6 Å². The first-order chi connectivity index (χ1) is 13.3. The highest BCUT2D eigenvalue weighted by Crippen LogP contribution is 2.19. The lowest BCUT2D eigenvalue weighted by molar-refractivity contribution is -0.128. The van der Waals surface area contributed by atoms with E-state index < -0.39 is 0 Å². The number of aromatic nitrogens is 2. The van der Waals surface area contributed by atoms with Gasteiger partial charge < -0.3 is 19.9 Å². The van der Waals surface area contributed by atoms with Crippen molar-refractivity contribution in [2.75, 3.05) is 43.1 Å². The summed E-state index contributed by atoms with van der Waals surface area (Å²) in [6.07, 6.45) is 3.23. The monoisotopic (exact) mass is 367 g/mol. The van der Waals surface area contributed by atoms with E-state index in [1.54, 1.807) is 6.33 Å². The van der Waals surface area contributed by atoms with Crippen molar-refractivity contribution < 1.29 is 9.53 Å². The summed E-state index contributed by atoms with van der Waals surface area (Å²) in [6.45, 7) is 5.36. The highest BCUT2D eigenvalue weighted by Gasteiger charge is 2.21. The number of ether oxygens (including phenoxy) is 1. The Hall–Kier alpha value is -2.67. The minimum absolute atomic E-state index is 0.253. The van der Waals surface area contributed by atoms with Crippen molar-refractivity contribution in [3.63, 3.8) is 0 Å². The topological polar surface area (TPSA) is 70.6 Å². The number of hydrogen-bond acceptors (Lipinski definition) is 6. The van der Waals surface area contributed by atoms with Gasteiger partial charge >= 0.3 is 0 Å². The van der Waals surface area contributed by atoms with Gasteiger partial charge in [-0.2, -0.15) is 0 Å². The molecule has 2 aliphatic rings. The van der Waals surface area contributed by atoms with Gasteiger partial charge in [-0.3, -0.25) is 4.79 Å². The second-order valence-electron chi connectivity index (χ2n) is 6.90. The van der Waals surface area contributed by atoms with Gasteiger partial charge in [0.05, 0.1) is 13.2 Å². The number of anilines is 2. The van der Waals surface area contributed by atoms with Crippen LogP contribution in [0.5, 0.6) is 0 Å². The van der Waals surface area contributed by atoms with Gasteiger partial charge in [-0.1, -0.05) is 24.3 Å². The Morgan fingerprint density at radius 2 is 1.89 bits per heavy atom. The van der Waals surface area contributed by atoms with Crippen LogP contribution < -0.4 is 10.2 Å². The molecule has 1 aromatic heterocycles. The largest absolute Gasteiger partial charge is 0.378 e. The third kappa shape index (κ3) is 4.36. The Morgan fingerprint density at radius 3 is 2.67 bits per heavy atom. The fourth-order valence-corrected chi connectivity index (χ4v) is 3.56. The van der Waals surface area contributed by atoms with E-state index in [-0.39, 0.29) is 5.91 Å².